The average molecular weight is 363 g/mol. The number of likely N-dealkylation sites (tertiary alicyclic amines) is 1. The first-order valence-electron chi connectivity index (χ1n) is 9.61. The third-order valence-electron chi connectivity index (χ3n) is 5.70. The number of nitrogens with zero attached hydrogens (tertiary/aromatic N) is 1. The van der Waals surface area contributed by atoms with Crippen molar-refractivity contribution in [2.24, 2.45) is 0 Å². The zero-order valence-corrected chi connectivity index (χ0v) is 15.4. The number of rotatable bonds is 4. The number of carboxylic acid groups (broad SMARTS) is 1. The molecular formula is C23H25NO3. The van der Waals surface area contributed by atoms with Gasteiger partial charge in [0.1, 0.15) is 11.4 Å². The summed E-state index contributed by atoms with van der Waals surface area (Å²) in [6.45, 7) is 3.13. The van der Waals surface area contributed by atoms with Crippen LogP contribution in [-0.4, -0.2) is 34.7 Å². The van der Waals surface area contributed by atoms with Gasteiger partial charge >= 0.3 is 5.97 Å². The molecule has 4 nitrogen and oxygen atoms in total. The summed E-state index contributed by atoms with van der Waals surface area (Å²) in [5.74, 6) is 0.0374. The zero-order chi connectivity index (χ0) is 18.7. The van der Waals surface area contributed by atoms with E-state index in [1.54, 1.807) is 6.08 Å². The van der Waals surface area contributed by atoms with Crippen LogP contribution in [0.5, 0.6) is 5.75 Å². The number of benzene rings is 2. The Bertz CT molecular complexity index is 836. The smallest absolute Gasteiger partial charge is 0.328 e. The molecule has 4 heteroatoms. The molecule has 140 valence electrons. The summed E-state index contributed by atoms with van der Waals surface area (Å²) >= 11 is 0. The molecule has 0 aromatic heterocycles. The number of aryl methyl sites for hydroxylation is 1. The molecular weight excluding hydrogens is 338 g/mol. The fourth-order valence-electron chi connectivity index (χ4n) is 4.12. The largest absolute Gasteiger partial charge is 0.487 e. The predicted octanol–water partition coefficient (Wildman–Crippen LogP) is 4.14. The summed E-state index contributed by atoms with van der Waals surface area (Å²) in [6.07, 6.45) is 6.94. The van der Waals surface area contributed by atoms with Crippen molar-refractivity contribution in [3.63, 3.8) is 0 Å². The van der Waals surface area contributed by atoms with Gasteiger partial charge in [-0.1, -0.05) is 36.4 Å². The van der Waals surface area contributed by atoms with Gasteiger partial charge in [0.15, 0.2) is 0 Å². The van der Waals surface area contributed by atoms with Gasteiger partial charge in [0, 0.05) is 25.7 Å². The van der Waals surface area contributed by atoms with Crippen molar-refractivity contribution in [2.45, 2.75) is 37.8 Å². The lowest BCUT2D eigenvalue weighted by Gasteiger charge is -2.44. The van der Waals surface area contributed by atoms with Crippen LogP contribution in [0.15, 0.2) is 54.6 Å². The molecule has 0 unspecified atom stereocenters. The van der Waals surface area contributed by atoms with Crippen molar-refractivity contribution in [3.05, 3.63) is 71.3 Å². The molecule has 4 rings (SSSR count). The van der Waals surface area contributed by atoms with Gasteiger partial charge in [0.05, 0.1) is 0 Å². The minimum atomic E-state index is -0.926. The summed E-state index contributed by atoms with van der Waals surface area (Å²) in [7, 11) is 0. The van der Waals surface area contributed by atoms with E-state index in [4.69, 9.17) is 9.84 Å². The number of hydrogen-bond donors (Lipinski definition) is 1. The zero-order valence-electron chi connectivity index (χ0n) is 15.4. The fraction of sp³-hybridized carbons (Fsp3) is 0.348. The van der Waals surface area contributed by atoms with Crippen LogP contribution in [0.4, 0.5) is 0 Å². The minimum absolute atomic E-state index is 0.0430. The van der Waals surface area contributed by atoms with Crippen LogP contribution in [0, 0.1) is 0 Å². The highest BCUT2D eigenvalue weighted by Crippen LogP contribution is 2.40. The van der Waals surface area contributed by atoms with E-state index in [9.17, 15) is 4.79 Å². The molecule has 2 aliphatic rings. The molecule has 0 bridgehead atoms. The van der Waals surface area contributed by atoms with Crippen molar-refractivity contribution in [2.75, 3.05) is 13.1 Å². The number of piperidine rings is 1. The number of carbonyl (C=O) groups is 1. The van der Waals surface area contributed by atoms with Gasteiger partial charge in [-0.3, -0.25) is 4.90 Å². The first-order valence-corrected chi connectivity index (χ1v) is 9.61. The van der Waals surface area contributed by atoms with Crippen LogP contribution < -0.4 is 4.74 Å². The Labute approximate surface area is 160 Å². The van der Waals surface area contributed by atoms with Gasteiger partial charge in [-0.2, -0.15) is 0 Å². The Morgan fingerprint density at radius 2 is 1.89 bits per heavy atom. The molecule has 1 spiro atoms. The van der Waals surface area contributed by atoms with Crippen molar-refractivity contribution < 1.29 is 14.6 Å². The van der Waals surface area contributed by atoms with E-state index in [1.165, 1.54) is 17.2 Å². The Morgan fingerprint density at radius 1 is 1.11 bits per heavy atom. The highest BCUT2D eigenvalue weighted by molar-refractivity contribution is 5.85. The summed E-state index contributed by atoms with van der Waals surface area (Å²) in [4.78, 5) is 13.2. The summed E-state index contributed by atoms with van der Waals surface area (Å²) < 4.78 is 6.47. The summed E-state index contributed by atoms with van der Waals surface area (Å²) in [6, 6.07) is 16.6. The molecule has 0 amide bonds. The van der Waals surface area contributed by atoms with Crippen LogP contribution in [0.3, 0.4) is 0 Å². The lowest BCUT2D eigenvalue weighted by Crippen LogP contribution is -2.49. The van der Waals surface area contributed by atoms with Gasteiger partial charge in [-0.05, 0) is 60.6 Å². The lowest BCUT2D eigenvalue weighted by molar-refractivity contribution is -0.131. The van der Waals surface area contributed by atoms with Gasteiger partial charge in [-0.15, -0.1) is 0 Å². The Kier molecular flexibility index (Phi) is 4.99. The van der Waals surface area contributed by atoms with Crippen molar-refractivity contribution >= 4 is 12.0 Å². The van der Waals surface area contributed by atoms with Gasteiger partial charge < -0.3 is 9.84 Å². The second-order valence-electron chi connectivity index (χ2n) is 7.59. The maximum Gasteiger partial charge on any atom is 0.328 e. The Balaban J connectivity index is 1.39. The van der Waals surface area contributed by atoms with Crippen LogP contribution in [-0.2, 0) is 17.8 Å². The second-order valence-corrected chi connectivity index (χ2v) is 7.59. The lowest BCUT2D eigenvalue weighted by atomic mass is 9.82. The first-order chi connectivity index (χ1) is 13.1. The van der Waals surface area contributed by atoms with Crippen molar-refractivity contribution in [1.29, 1.82) is 0 Å². The molecule has 0 atom stereocenters. The molecule has 1 saturated heterocycles. The van der Waals surface area contributed by atoms with Gasteiger partial charge in [0.2, 0.25) is 0 Å². The van der Waals surface area contributed by atoms with E-state index in [-0.39, 0.29) is 5.60 Å². The highest BCUT2D eigenvalue weighted by atomic mass is 16.5. The monoisotopic (exact) mass is 363 g/mol. The topological polar surface area (TPSA) is 49.8 Å². The van der Waals surface area contributed by atoms with Crippen LogP contribution >= 0.6 is 0 Å². The van der Waals surface area contributed by atoms with E-state index in [0.29, 0.717) is 0 Å². The molecule has 0 saturated carbocycles. The number of aliphatic carboxylic acids is 1. The van der Waals surface area contributed by atoms with E-state index >= 15 is 0 Å². The second kappa shape index (κ2) is 7.57. The van der Waals surface area contributed by atoms with Crippen molar-refractivity contribution in [3.8, 4) is 5.75 Å². The van der Waals surface area contributed by atoms with E-state index in [1.807, 2.05) is 18.2 Å². The molecule has 2 heterocycles. The SMILES string of the molecule is O=C(O)/C=C/c1ccc2c(c1)CCC1(CCN(Cc3ccccc3)CC1)O2. The van der Waals surface area contributed by atoms with E-state index in [2.05, 4.69) is 35.2 Å². The summed E-state index contributed by atoms with van der Waals surface area (Å²) in [5, 5.41) is 8.78. The standard InChI is InChI=1S/C23H25NO3/c25-22(26)9-7-18-6-8-21-20(16-18)10-11-23(27-21)12-14-24(15-13-23)17-19-4-2-1-3-5-19/h1-9,16H,10-15,17H2,(H,25,26)/b9-7+. The number of fused-ring (bicyclic) bond motifs is 1. The number of hydrogen-bond acceptors (Lipinski definition) is 3. The Hall–Kier alpha value is -2.59. The quantitative estimate of drug-likeness (QED) is 0.830. The molecule has 2 aromatic rings. The highest BCUT2D eigenvalue weighted by Gasteiger charge is 2.39. The third kappa shape index (κ3) is 4.22. The molecule has 27 heavy (non-hydrogen) atoms. The molecule has 2 aromatic carbocycles. The first kappa shape index (κ1) is 17.8. The summed E-state index contributed by atoms with van der Waals surface area (Å²) in [5.41, 5.74) is 3.41. The number of ether oxygens (including phenoxy) is 1. The Morgan fingerprint density at radius 3 is 2.63 bits per heavy atom. The van der Waals surface area contributed by atoms with Crippen LogP contribution in [0.2, 0.25) is 0 Å². The fourth-order valence-corrected chi connectivity index (χ4v) is 4.12. The van der Waals surface area contributed by atoms with Gasteiger partial charge in [-0.25, -0.2) is 4.79 Å². The van der Waals surface area contributed by atoms with Gasteiger partial charge in [0.25, 0.3) is 0 Å². The molecule has 1 N–H and O–H groups in total. The normalized spacial score (nSPS) is 19.0. The van der Waals surface area contributed by atoms with E-state index < -0.39 is 5.97 Å². The minimum Gasteiger partial charge on any atom is -0.487 e. The molecule has 0 aliphatic carbocycles. The third-order valence-corrected chi connectivity index (χ3v) is 5.70. The maximum atomic E-state index is 10.7. The predicted molar refractivity (Wildman–Crippen MR) is 106 cm³/mol. The van der Waals surface area contributed by atoms with E-state index in [0.717, 1.165) is 56.6 Å². The number of carboxylic acids is 1. The van der Waals surface area contributed by atoms with Crippen LogP contribution in [0.25, 0.3) is 6.08 Å². The maximum absolute atomic E-state index is 10.7. The van der Waals surface area contributed by atoms with Crippen LogP contribution in [0.1, 0.15) is 36.0 Å². The molecule has 0 radical (unpaired) electrons. The van der Waals surface area contributed by atoms with Crippen molar-refractivity contribution in [1.82, 2.24) is 4.90 Å². The molecule has 2 aliphatic heterocycles. The average Bonchev–Trinajstić information content (AvgIpc) is 2.69. The molecule has 1 fully saturated rings.